The molecule has 1 atom stereocenters. The molecule has 0 amide bonds. The molecule has 0 heterocycles. The van der Waals surface area contributed by atoms with E-state index in [0.29, 0.717) is 32.3 Å². The molecule has 0 aromatic heterocycles. The van der Waals surface area contributed by atoms with Gasteiger partial charge in [-0.15, -0.1) is 0 Å². The molecule has 0 saturated carbocycles. The van der Waals surface area contributed by atoms with Crippen molar-refractivity contribution in [1.82, 2.24) is 5.32 Å². The van der Waals surface area contributed by atoms with Crippen LogP contribution < -0.4 is 5.32 Å². The van der Waals surface area contributed by atoms with E-state index < -0.39 is 0 Å². The Morgan fingerprint density at radius 1 is 0.938 bits per heavy atom. The highest BCUT2D eigenvalue weighted by molar-refractivity contribution is 4.45. The lowest BCUT2D eigenvalue weighted by atomic mass is 10.1. The highest BCUT2D eigenvalue weighted by Gasteiger charge is 1.97. The van der Waals surface area contributed by atoms with E-state index in [2.05, 4.69) is 19.2 Å². The summed E-state index contributed by atoms with van der Waals surface area (Å²) in [6.07, 6.45) is 1.17. The first-order chi connectivity index (χ1) is 7.81. The van der Waals surface area contributed by atoms with E-state index in [1.165, 1.54) is 6.42 Å². The SMILES string of the molecule is CCC(C)COCCOCCOCCNC. The van der Waals surface area contributed by atoms with E-state index >= 15 is 0 Å². The van der Waals surface area contributed by atoms with Gasteiger partial charge < -0.3 is 19.5 Å². The molecule has 1 unspecified atom stereocenters. The quantitative estimate of drug-likeness (QED) is 0.516. The summed E-state index contributed by atoms with van der Waals surface area (Å²) < 4.78 is 16.1. The van der Waals surface area contributed by atoms with Crippen molar-refractivity contribution >= 4 is 0 Å². The lowest BCUT2D eigenvalue weighted by Gasteiger charge is -2.09. The average Bonchev–Trinajstić information content (AvgIpc) is 2.31. The normalized spacial score (nSPS) is 12.9. The van der Waals surface area contributed by atoms with Gasteiger partial charge in [0.1, 0.15) is 0 Å². The molecule has 16 heavy (non-hydrogen) atoms. The van der Waals surface area contributed by atoms with Crippen LogP contribution in [-0.2, 0) is 14.2 Å². The minimum Gasteiger partial charge on any atom is -0.379 e. The summed E-state index contributed by atoms with van der Waals surface area (Å²) in [6, 6.07) is 0. The van der Waals surface area contributed by atoms with Crippen LogP contribution in [0.5, 0.6) is 0 Å². The molecule has 0 aliphatic heterocycles. The van der Waals surface area contributed by atoms with Crippen LogP contribution in [0.1, 0.15) is 20.3 Å². The first-order valence-electron chi connectivity index (χ1n) is 6.19. The summed E-state index contributed by atoms with van der Waals surface area (Å²) in [4.78, 5) is 0. The Balaban J connectivity index is 2.93. The molecule has 0 fully saturated rings. The van der Waals surface area contributed by atoms with Crippen LogP contribution in [0.4, 0.5) is 0 Å². The summed E-state index contributed by atoms with van der Waals surface area (Å²) in [5, 5.41) is 3.02. The lowest BCUT2D eigenvalue weighted by Crippen LogP contribution is -2.17. The van der Waals surface area contributed by atoms with Gasteiger partial charge in [0.15, 0.2) is 0 Å². The topological polar surface area (TPSA) is 39.7 Å². The summed E-state index contributed by atoms with van der Waals surface area (Å²) in [7, 11) is 1.91. The lowest BCUT2D eigenvalue weighted by molar-refractivity contribution is 0.00891. The van der Waals surface area contributed by atoms with Gasteiger partial charge in [-0.25, -0.2) is 0 Å². The van der Waals surface area contributed by atoms with Crippen LogP contribution in [-0.4, -0.2) is 53.2 Å². The molecule has 4 nitrogen and oxygen atoms in total. The largest absolute Gasteiger partial charge is 0.379 e. The first-order valence-corrected chi connectivity index (χ1v) is 6.19. The molecule has 0 aromatic rings. The van der Waals surface area contributed by atoms with Gasteiger partial charge in [-0.05, 0) is 13.0 Å². The fraction of sp³-hybridized carbons (Fsp3) is 1.00. The number of hydrogen-bond acceptors (Lipinski definition) is 4. The maximum atomic E-state index is 5.46. The van der Waals surface area contributed by atoms with Gasteiger partial charge in [0, 0.05) is 13.2 Å². The fourth-order valence-electron chi connectivity index (χ4n) is 1.02. The molecular formula is C12H27NO3. The number of hydrogen-bond donors (Lipinski definition) is 1. The minimum absolute atomic E-state index is 0.643. The summed E-state index contributed by atoms with van der Waals surface area (Å²) >= 11 is 0. The Morgan fingerprint density at radius 2 is 1.50 bits per heavy atom. The Hall–Kier alpha value is -0.160. The molecule has 0 spiro atoms. The van der Waals surface area contributed by atoms with Gasteiger partial charge in [0.2, 0.25) is 0 Å². The zero-order chi connectivity index (χ0) is 12.1. The standard InChI is InChI=1S/C12H27NO3/c1-4-12(2)11-16-10-9-15-8-7-14-6-5-13-3/h12-13H,4-11H2,1-3H3. The smallest absolute Gasteiger partial charge is 0.0701 e. The molecular weight excluding hydrogens is 206 g/mol. The van der Waals surface area contributed by atoms with Crippen molar-refractivity contribution in [2.45, 2.75) is 20.3 Å². The van der Waals surface area contributed by atoms with Crippen molar-refractivity contribution in [3.05, 3.63) is 0 Å². The Labute approximate surface area is 99.6 Å². The number of likely N-dealkylation sites (N-methyl/N-ethyl adjacent to an activating group) is 1. The fourth-order valence-corrected chi connectivity index (χ4v) is 1.02. The summed E-state index contributed by atoms with van der Waals surface area (Å²) in [5.41, 5.74) is 0. The van der Waals surface area contributed by atoms with Crippen LogP contribution in [0.2, 0.25) is 0 Å². The number of nitrogens with one attached hydrogen (secondary N) is 1. The number of rotatable bonds is 12. The minimum atomic E-state index is 0.643. The highest BCUT2D eigenvalue weighted by Crippen LogP contribution is 1.99. The van der Waals surface area contributed by atoms with Gasteiger partial charge in [0.25, 0.3) is 0 Å². The maximum Gasteiger partial charge on any atom is 0.0701 e. The third-order valence-electron chi connectivity index (χ3n) is 2.34. The van der Waals surface area contributed by atoms with E-state index in [0.717, 1.165) is 19.8 Å². The van der Waals surface area contributed by atoms with Crippen molar-refractivity contribution in [1.29, 1.82) is 0 Å². The van der Waals surface area contributed by atoms with Crippen molar-refractivity contribution < 1.29 is 14.2 Å². The third kappa shape index (κ3) is 11.9. The van der Waals surface area contributed by atoms with Gasteiger partial charge in [0.05, 0.1) is 33.0 Å². The second-order valence-electron chi connectivity index (χ2n) is 3.92. The molecule has 0 bridgehead atoms. The van der Waals surface area contributed by atoms with Crippen molar-refractivity contribution in [3.8, 4) is 0 Å². The molecule has 98 valence electrons. The van der Waals surface area contributed by atoms with E-state index in [9.17, 15) is 0 Å². The van der Waals surface area contributed by atoms with Crippen molar-refractivity contribution in [2.24, 2.45) is 5.92 Å². The van der Waals surface area contributed by atoms with Gasteiger partial charge in [-0.1, -0.05) is 20.3 Å². The third-order valence-corrected chi connectivity index (χ3v) is 2.34. The Bertz CT molecular complexity index is 133. The second-order valence-corrected chi connectivity index (χ2v) is 3.92. The molecule has 0 aliphatic rings. The van der Waals surface area contributed by atoms with Crippen LogP contribution >= 0.6 is 0 Å². The Kier molecular flexibility index (Phi) is 12.8. The molecule has 0 aliphatic carbocycles. The Morgan fingerprint density at radius 3 is 2.06 bits per heavy atom. The van der Waals surface area contributed by atoms with E-state index in [4.69, 9.17) is 14.2 Å². The highest BCUT2D eigenvalue weighted by atomic mass is 16.5. The molecule has 0 aromatic carbocycles. The molecule has 0 rings (SSSR count). The van der Waals surface area contributed by atoms with Crippen LogP contribution in [0.15, 0.2) is 0 Å². The zero-order valence-electron chi connectivity index (χ0n) is 11.0. The van der Waals surface area contributed by atoms with E-state index in [-0.39, 0.29) is 0 Å². The molecule has 0 radical (unpaired) electrons. The molecule has 4 heteroatoms. The van der Waals surface area contributed by atoms with E-state index in [1.54, 1.807) is 0 Å². The first kappa shape index (κ1) is 15.8. The zero-order valence-corrected chi connectivity index (χ0v) is 11.0. The van der Waals surface area contributed by atoms with Crippen LogP contribution in [0.3, 0.4) is 0 Å². The van der Waals surface area contributed by atoms with E-state index in [1.807, 2.05) is 7.05 Å². The predicted molar refractivity (Wildman–Crippen MR) is 65.8 cm³/mol. The molecule has 0 saturated heterocycles. The molecule has 1 N–H and O–H groups in total. The number of ether oxygens (including phenoxy) is 3. The summed E-state index contributed by atoms with van der Waals surface area (Å²) in [6.45, 7) is 9.47. The predicted octanol–water partition coefficient (Wildman–Crippen LogP) is 1.30. The van der Waals surface area contributed by atoms with Crippen LogP contribution in [0.25, 0.3) is 0 Å². The van der Waals surface area contributed by atoms with Gasteiger partial charge in [-0.2, -0.15) is 0 Å². The monoisotopic (exact) mass is 233 g/mol. The van der Waals surface area contributed by atoms with Gasteiger partial charge in [-0.3, -0.25) is 0 Å². The maximum absolute atomic E-state index is 5.46. The van der Waals surface area contributed by atoms with Crippen molar-refractivity contribution in [3.63, 3.8) is 0 Å². The second kappa shape index (κ2) is 12.9. The van der Waals surface area contributed by atoms with Gasteiger partial charge >= 0.3 is 0 Å². The summed E-state index contributed by atoms with van der Waals surface area (Å²) in [5.74, 6) is 0.643. The average molecular weight is 233 g/mol. The van der Waals surface area contributed by atoms with Crippen LogP contribution in [0, 0.1) is 5.92 Å². The van der Waals surface area contributed by atoms with Crippen molar-refractivity contribution in [2.75, 3.05) is 53.2 Å².